The van der Waals surface area contributed by atoms with E-state index in [1.54, 1.807) is 12.1 Å². The molecule has 3 rings (SSSR count). The van der Waals surface area contributed by atoms with Crippen molar-refractivity contribution in [1.29, 1.82) is 0 Å². The Balaban J connectivity index is 2.26. The lowest BCUT2D eigenvalue weighted by atomic mass is 10.1. The molecule has 4 nitrogen and oxygen atoms in total. The Bertz CT molecular complexity index is 880. The fraction of sp³-hybridized carbons (Fsp3) is 0.0588. The van der Waals surface area contributed by atoms with Gasteiger partial charge in [0.05, 0.1) is 11.4 Å². The maximum Gasteiger partial charge on any atom is 0.328 e. The third kappa shape index (κ3) is 2.61. The number of fused-ring (bicyclic) bond motifs is 1. The standard InChI is InChI=1S/C17H13FN2O2/c1-11-2-8-15-19-17(12-3-5-13(18)6-4-12)14(20(15)10-11)7-9-16(21)22/h2-10H,1H3,(H,21,22)/b9-7+. The molecule has 22 heavy (non-hydrogen) atoms. The lowest BCUT2D eigenvalue weighted by molar-refractivity contribution is -0.131. The number of aryl methyl sites for hydroxylation is 1. The number of hydrogen-bond donors (Lipinski definition) is 1. The summed E-state index contributed by atoms with van der Waals surface area (Å²) in [6, 6.07) is 9.76. The maximum atomic E-state index is 13.1. The number of aliphatic carboxylic acids is 1. The van der Waals surface area contributed by atoms with Gasteiger partial charge in [0, 0.05) is 17.8 Å². The van der Waals surface area contributed by atoms with Gasteiger partial charge in [-0.15, -0.1) is 0 Å². The molecule has 0 radical (unpaired) electrons. The van der Waals surface area contributed by atoms with Gasteiger partial charge in [0.15, 0.2) is 0 Å². The highest BCUT2D eigenvalue weighted by atomic mass is 19.1. The van der Waals surface area contributed by atoms with E-state index in [1.807, 2.05) is 29.7 Å². The van der Waals surface area contributed by atoms with E-state index in [9.17, 15) is 9.18 Å². The molecule has 5 heteroatoms. The molecule has 0 amide bonds. The molecule has 1 N–H and O–H groups in total. The molecule has 2 aromatic heterocycles. The van der Waals surface area contributed by atoms with Crippen molar-refractivity contribution in [3.05, 3.63) is 65.7 Å². The number of nitrogens with zero attached hydrogens (tertiary/aromatic N) is 2. The third-order valence-electron chi connectivity index (χ3n) is 3.30. The molecule has 3 aromatic rings. The molecule has 0 spiro atoms. The first-order valence-corrected chi connectivity index (χ1v) is 6.70. The number of benzene rings is 1. The van der Waals surface area contributed by atoms with Crippen molar-refractivity contribution in [2.45, 2.75) is 6.92 Å². The van der Waals surface area contributed by atoms with E-state index in [4.69, 9.17) is 5.11 Å². The minimum Gasteiger partial charge on any atom is -0.478 e. The van der Waals surface area contributed by atoms with Gasteiger partial charge in [-0.1, -0.05) is 6.07 Å². The Hall–Kier alpha value is -2.95. The van der Waals surface area contributed by atoms with Crippen molar-refractivity contribution in [2.75, 3.05) is 0 Å². The van der Waals surface area contributed by atoms with E-state index >= 15 is 0 Å². The summed E-state index contributed by atoms with van der Waals surface area (Å²) in [6.07, 6.45) is 4.45. The molecule has 0 fully saturated rings. The summed E-state index contributed by atoms with van der Waals surface area (Å²) in [7, 11) is 0. The van der Waals surface area contributed by atoms with Crippen molar-refractivity contribution < 1.29 is 14.3 Å². The van der Waals surface area contributed by atoms with Gasteiger partial charge in [0.2, 0.25) is 0 Å². The van der Waals surface area contributed by atoms with Crippen LogP contribution in [-0.4, -0.2) is 20.5 Å². The number of imidazole rings is 1. The molecule has 0 unspecified atom stereocenters. The number of carboxylic acids is 1. The van der Waals surface area contributed by atoms with Gasteiger partial charge in [-0.2, -0.15) is 0 Å². The zero-order chi connectivity index (χ0) is 15.7. The molecule has 0 aliphatic carbocycles. The number of aromatic nitrogens is 2. The second-order valence-corrected chi connectivity index (χ2v) is 4.96. The van der Waals surface area contributed by atoms with Crippen molar-refractivity contribution in [3.63, 3.8) is 0 Å². The summed E-state index contributed by atoms with van der Waals surface area (Å²) in [5.74, 6) is -1.36. The van der Waals surface area contributed by atoms with Crippen molar-refractivity contribution in [2.24, 2.45) is 0 Å². The van der Waals surface area contributed by atoms with Crippen LogP contribution < -0.4 is 0 Å². The molecular weight excluding hydrogens is 283 g/mol. The van der Waals surface area contributed by atoms with Crippen LogP contribution in [0.15, 0.2) is 48.7 Å². The molecule has 110 valence electrons. The van der Waals surface area contributed by atoms with E-state index in [2.05, 4.69) is 4.98 Å². The van der Waals surface area contributed by atoms with Crippen molar-refractivity contribution in [3.8, 4) is 11.3 Å². The SMILES string of the molecule is Cc1ccc2nc(-c3ccc(F)cc3)c(/C=C/C(=O)O)n2c1. The Morgan fingerprint density at radius 3 is 2.64 bits per heavy atom. The lowest BCUT2D eigenvalue weighted by Gasteiger charge is -2.01. The van der Waals surface area contributed by atoms with E-state index < -0.39 is 5.97 Å². The van der Waals surface area contributed by atoms with Gasteiger partial charge in [-0.25, -0.2) is 14.2 Å². The van der Waals surface area contributed by atoms with E-state index in [1.165, 1.54) is 18.2 Å². The van der Waals surface area contributed by atoms with Crippen LogP contribution >= 0.6 is 0 Å². The number of carboxylic acid groups (broad SMARTS) is 1. The molecular formula is C17H13FN2O2. The van der Waals surface area contributed by atoms with Crippen LogP contribution in [0.2, 0.25) is 0 Å². The molecule has 0 atom stereocenters. The summed E-state index contributed by atoms with van der Waals surface area (Å²) in [6.45, 7) is 1.95. The van der Waals surface area contributed by atoms with Crippen LogP contribution in [0, 0.1) is 12.7 Å². The van der Waals surface area contributed by atoms with E-state index in [-0.39, 0.29) is 5.82 Å². The van der Waals surface area contributed by atoms with Crippen LogP contribution in [0.1, 0.15) is 11.3 Å². The minimum atomic E-state index is -1.03. The van der Waals surface area contributed by atoms with Gasteiger partial charge >= 0.3 is 5.97 Å². The second kappa shape index (κ2) is 5.44. The highest BCUT2D eigenvalue weighted by Crippen LogP contribution is 2.26. The Labute approximate surface area is 126 Å². The maximum absolute atomic E-state index is 13.1. The molecule has 2 heterocycles. The smallest absolute Gasteiger partial charge is 0.328 e. The van der Waals surface area contributed by atoms with Crippen LogP contribution in [-0.2, 0) is 4.79 Å². The molecule has 0 saturated heterocycles. The first-order valence-electron chi connectivity index (χ1n) is 6.70. The lowest BCUT2D eigenvalue weighted by Crippen LogP contribution is -1.92. The van der Waals surface area contributed by atoms with Crippen LogP contribution in [0.5, 0.6) is 0 Å². The van der Waals surface area contributed by atoms with Crippen LogP contribution in [0.4, 0.5) is 4.39 Å². The predicted molar refractivity (Wildman–Crippen MR) is 82.0 cm³/mol. The fourth-order valence-electron chi connectivity index (χ4n) is 2.30. The average molecular weight is 296 g/mol. The zero-order valence-electron chi connectivity index (χ0n) is 11.8. The first kappa shape index (κ1) is 14.0. The van der Waals surface area contributed by atoms with Gasteiger partial charge in [0.1, 0.15) is 11.5 Å². The van der Waals surface area contributed by atoms with Gasteiger partial charge in [0.25, 0.3) is 0 Å². The summed E-state index contributed by atoms with van der Waals surface area (Å²) >= 11 is 0. The molecule has 0 aliphatic rings. The fourth-order valence-corrected chi connectivity index (χ4v) is 2.30. The van der Waals surface area contributed by atoms with Gasteiger partial charge in [-0.3, -0.25) is 4.40 Å². The second-order valence-electron chi connectivity index (χ2n) is 4.96. The Morgan fingerprint density at radius 1 is 1.23 bits per heavy atom. The number of halogens is 1. The zero-order valence-corrected chi connectivity index (χ0v) is 11.8. The number of rotatable bonds is 3. The monoisotopic (exact) mass is 296 g/mol. The number of hydrogen-bond acceptors (Lipinski definition) is 2. The summed E-state index contributed by atoms with van der Waals surface area (Å²) in [5, 5.41) is 8.87. The number of carbonyl (C=O) groups is 1. The van der Waals surface area contributed by atoms with E-state index in [0.29, 0.717) is 17.0 Å². The van der Waals surface area contributed by atoms with E-state index in [0.717, 1.165) is 17.2 Å². The normalized spacial score (nSPS) is 11.4. The van der Waals surface area contributed by atoms with Crippen molar-refractivity contribution >= 4 is 17.7 Å². The summed E-state index contributed by atoms with van der Waals surface area (Å²) < 4.78 is 14.9. The quantitative estimate of drug-likeness (QED) is 0.752. The third-order valence-corrected chi connectivity index (χ3v) is 3.30. The first-order chi connectivity index (χ1) is 10.5. The number of pyridine rings is 1. The highest BCUT2D eigenvalue weighted by molar-refractivity contribution is 5.87. The van der Waals surface area contributed by atoms with Crippen molar-refractivity contribution in [1.82, 2.24) is 9.38 Å². The average Bonchev–Trinajstić information content (AvgIpc) is 2.83. The predicted octanol–water partition coefficient (Wildman–Crippen LogP) is 3.55. The van der Waals surface area contributed by atoms with Gasteiger partial charge < -0.3 is 5.11 Å². The summed E-state index contributed by atoms with van der Waals surface area (Å²) in [4.78, 5) is 15.4. The molecule has 0 aliphatic heterocycles. The van der Waals surface area contributed by atoms with Crippen LogP contribution in [0.25, 0.3) is 23.0 Å². The molecule has 0 bridgehead atoms. The van der Waals surface area contributed by atoms with Crippen LogP contribution in [0.3, 0.4) is 0 Å². The molecule has 1 aromatic carbocycles. The minimum absolute atomic E-state index is 0.328. The largest absolute Gasteiger partial charge is 0.478 e. The Kier molecular flexibility index (Phi) is 3.47. The summed E-state index contributed by atoms with van der Waals surface area (Å²) in [5.41, 5.74) is 3.72. The Morgan fingerprint density at radius 2 is 1.95 bits per heavy atom. The highest BCUT2D eigenvalue weighted by Gasteiger charge is 2.12. The topological polar surface area (TPSA) is 54.6 Å². The van der Waals surface area contributed by atoms with Gasteiger partial charge in [-0.05, 0) is 48.9 Å². The molecule has 0 saturated carbocycles.